The summed E-state index contributed by atoms with van der Waals surface area (Å²) >= 11 is 1.15. The minimum atomic E-state index is -1.36. The fraction of sp³-hybridized carbons (Fsp3) is 0.250. The van der Waals surface area contributed by atoms with Gasteiger partial charge in [-0.05, 0) is 0 Å². The fourth-order valence-corrected chi connectivity index (χ4v) is 2.54. The molecule has 0 rings (SSSR count). The molecule has 0 N–H and O–H groups in total. The molecular weight excluding hydrogens is 222 g/mol. The van der Waals surface area contributed by atoms with Crippen LogP contribution in [-0.4, -0.2) is 20.6 Å². The summed E-state index contributed by atoms with van der Waals surface area (Å²) in [5.41, 5.74) is 0. The van der Waals surface area contributed by atoms with E-state index < -0.39 is 15.7 Å². The first-order valence-corrected chi connectivity index (χ1v) is 6.00. The summed E-state index contributed by atoms with van der Waals surface area (Å²) in [7, 11) is -1.36. The average Bonchev–Trinajstić information content (AvgIpc) is 2.12. The van der Waals surface area contributed by atoms with Crippen LogP contribution in [0.1, 0.15) is 0 Å². The summed E-state index contributed by atoms with van der Waals surface area (Å²) in [5.74, 6) is 0.729. The maximum Gasteiger partial charge on any atom is 0.256 e. The van der Waals surface area contributed by atoms with Gasteiger partial charge in [-0.2, -0.15) is 0 Å². The lowest BCUT2D eigenvalue weighted by molar-refractivity contribution is -0.402. The van der Waals surface area contributed by atoms with Crippen LogP contribution in [0.3, 0.4) is 0 Å². The van der Waals surface area contributed by atoms with Crippen LogP contribution >= 0.6 is 11.8 Å². The molecule has 0 aromatic heterocycles. The van der Waals surface area contributed by atoms with Crippen molar-refractivity contribution in [1.82, 2.24) is 0 Å². The molecule has 6 heteroatoms. The Bertz CT molecular complexity index is 286. The van der Waals surface area contributed by atoms with Crippen molar-refractivity contribution in [2.24, 2.45) is 0 Å². The van der Waals surface area contributed by atoms with Crippen LogP contribution in [0.25, 0.3) is 0 Å². The van der Waals surface area contributed by atoms with Gasteiger partial charge in [0.1, 0.15) is 4.24 Å². The van der Waals surface area contributed by atoms with Gasteiger partial charge in [0.05, 0.1) is 15.7 Å². The van der Waals surface area contributed by atoms with Crippen molar-refractivity contribution in [3.8, 4) is 0 Å². The summed E-state index contributed by atoms with van der Waals surface area (Å²) in [6.07, 6.45) is 3.84. The molecule has 0 saturated heterocycles. The van der Waals surface area contributed by atoms with Crippen molar-refractivity contribution in [2.75, 3.05) is 11.5 Å². The third kappa shape index (κ3) is 5.71. The van der Waals surface area contributed by atoms with E-state index in [1.54, 1.807) is 6.08 Å². The molecule has 0 radical (unpaired) electrons. The number of nitro groups is 1. The van der Waals surface area contributed by atoms with Crippen LogP contribution < -0.4 is 0 Å². The zero-order valence-electron chi connectivity index (χ0n) is 7.55. The Balaban J connectivity index is 4.53. The van der Waals surface area contributed by atoms with Gasteiger partial charge in [0, 0.05) is 11.5 Å². The molecule has 1 unspecified atom stereocenters. The fourth-order valence-electron chi connectivity index (χ4n) is 0.578. The molecule has 78 valence electrons. The van der Waals surface area contributed by atoms with Crippen molar-refractivity contribution < 1.29 is 9.13 Å². The van der Waals surface area contributed by atoms with Crippen molar-refractivity contribution in [1.29, 1.82) is 0 Å². The van der Waals surface area contributed by atoms with Gasteiger partial charge in [-0.25, -0.2) is 0 Å². The molecule has 4 nitrogen and oxygen atoms in total. The van der Waals surface area contributed by atoms with Crippen molar-refractivity contribution in [3.05, 3.63) is 45.9 Å². The standard InChI is InChI=1S/C8H11NO3S2/c1-3-5-13-8(7-9(10)11)14(12)6-4-2/h3-4,7H,1-2,5-6H2/b8-7+. The van der Waals surface area contributed by atoms with E-state index in [9.17, 15) is 14.3 Å². The van der Waals surface area contributed by atoms with Crippen LogP contribution in [0.5, 0.6) is 0 Å². The van der Waals surface area contributed by atoms with E-state index in [4.69, 9.17) is 0 Å². The van der Waals surface area contributed by atoms with E-state index in [2.05, 4.69) is 13.2 Å². The number of rotatable bonds is 7. The zero-order valence-corrected chi connectivity index (χ0v) is 9.18. The van der Waals surface area contributed by atoms with Crippen LogP contribution in [0, 0.1) is 10.1 Å². The van der Waals surface area contributed by atoms with Gasteiger partial charge >= 0.3 is 0 Å². The molecule has 0 aliphatic rings. The lowest BCUT2D eigenvalue weighted by Crippen LogP contribution is -1.99. The molecule has 0 bridgehead atoms. The molecule has 0 aliphatic heterocycles. The smallest absolute Gasteiger partial charge is 0.256 e. The van der Waals surface area contributed by atoms with Crippen LogP contribution in [-0.2, 0) is 10.8 Å². The Morgan fingerprint density at radius 2 is 2.14 bits per heavy atom. The van der Waals surface area contributed by atoms with Gasteiger partial charge in [-0.15, -0.1) is 24.9 Å². The monoisotopic (exact) mass is 233 g/mol. The van der Waals surface area contributed by atoms with E-state index in [0.29, 0.717) is 5.75 Å². The summed E-state index contributed by atoms with van der Waals surface area (Å²) in [5, 5.41) is 10.2. The van der Waals surface area contributed by atoms with Crippen molar-refractivity contribution in [3.63, 3.8) is 0 Å². The molecule has 0 aromatic rings. The van der Waals surface area contributed by atoms with Gasteiger partial charge in [-0.3, -0.25) is 14.3 Å². The number of hydrogen-bond acceptors (Lipinski definition) is 4. The maximum absolute atomic E-state index is 11.4. The summed E-state index contributed by atoms with van der Waals surface area (Å²) in [6, 6.07) is 0. The highest BCUT2D eigenvalue weighted by Crippen LogP contribution is 2.19. The second-order valence-electron chi connectivity index (χ2n) is 2.13. The number of nitrogens with zero attached hydrogens (tertiary/aromatic N) is 1. The Labute approximate surface area is 89.4 Å². The Kier molecular flexibility index (Phi) is 7.04. The molecule has 1 atom stereocenters. The highest BCUT2D eigenvalue weighted by Gasteiger charge is 2.10. The van der Waals surface area contributed by atoms with E-state index >= 15 is 0 Å². The van der Waals surface area contributed by atoms with Crippen LogP contribution in [0.15, 0.2) is 35.7 Å². The van der Waals surface area contributed by atoms with Gasteiger partial charge in [0.2, 0.25) is 0 Å². The van der Waals surface area contributed by atoms with E-state index in [0.717, 1.165) is 18.0 Å². The Morgan fingerprint density at radius 3 is 2.57 bits per heavy atom. The van der Waals surface area contributed by atoms with E-state index in [-0.39, 0.29) is 9.99 Å². The lowest BCUT2D eigenvalue weighted by Gasteiger charge is -1.99. The molecule has 0 aromatic carbocycles. The van der Waals surface area contributed by atoms with Crippen molar-refractivity contribution in [2.45, 2.75) is 0 Å². The molecule has 14 heavy (non-hydrogen) atoms. The highest BCUT2D eigenvalue weighted by molar-refractivity contribution is 8.16. The Hall–Kier alpha value is -0.880. The largest absolute Gasteiger partial charge is 0.259 e. The second kappa shape index (κ2) is 7.52. The minimum Gasteiger partial charge on any atom is -0.259 e. The highest BCUT2D eigenvalue weighted by atomic mass is 32.2. The first kappa shape index (κ1) is 13.1. The Morgan fingerprint density at radius 1 is 1.50 bits per heavy atom. The average molecular weight is 233 g/mol. The number of thioether (sulfide) groups is 1. The van der Waals surface area contributed by atoms with Gasteiger partial charge < -0.3 is 0 Å². The zero-order chi connectivity index (χ0) is 11.0. The lowest BCUT2D eigenvalue weighted by atomic mass is 10.8. The molecule has 0 spiro atoms. The normalized spacial score (nSPS) is 13.3. The second-order valence-corrected chi connectivity index (χ2v) is 4.92. The predicted molar refractivity (Wildman–Crippen MR) is 60.9 cm³/mol. The summed E-state index contributed by atoms with van der Waals surface area (Å²) in [6.45, 7) is 6.90. The number of hydrogen-bond donors (Lipinski definition) is 0. The van der Waals surface area contributed by atoms with Crippen LogP contribution in [0.4, 0.5) is 0 Å². The maximum atomic E-state index is 11.4. The summed E-state index contributed by atoms with van der Waals surface area (Å²) in [4.78, 5) is 9.61. The predicted octanol–water partition coefficient (Wildman–Crippen LogP) is 1.92. The first-order valence-electron chi connectivity index (χ1n) is 3.70. The topological polar surface area (TPSA) is 60.2 Å². The molecule has 0 fully saturated rings. The molecular formula is C8H11NO3S2. The van der Waals surface area contributed by atoms with Crippen LogP contribution in [0.2, 0.25) is 0 Å². The summed E-state index contributed by atoms with van der Waals surface area (Å²) < 4.78 is 11.6. The minimum absolute atomic E-state index is 0.226. The molecule has 0 saturated carbocycles. The van der Waals surface area contributed by atoms with Gasteiger partial charge in [0.25, 0.3) is 6.20 Å². The van der Waals surface area contributed by atoms with E-state index in [1.165, 1.54) is 6.08 Å². The molecule has 0 aliphatic carbocycles. The van der Waals surface area contributed by atoms with E-state index in [1.807, 2.05) is 0 Å². The van der Waals surface area contributed by atoms with Gasteiger partial charge in [-0.1, -0.05) is 12.2 Å². The third-order valence-electron chi connectivity index (χ3n) is 1.05. The quantitative estimate of drug-likeness (QED) is 0.383. The SMILES string of the molecule is C=CCS/C(=C\[N+](=O)[O-])S(=O)CC=C. The van der Waals surface area contributed by atoms with Crippen molar-refractivity contribution >= 4 is 22.6 Å². The molecule has 0 amide bonds. The van der Waals surface area contributed by atoms with Gasteiger partial charge in [0.15, 0.2) is 0 Å². The molecule has 0 heterocycles. The third-order valence-corrected chi connectivity index (χ3v) is 3.84. The first-order chi connectivity index (χ1) is 6.61.